The van der Waals surface area contributed by atoms with E-state index in [0.717, 1.165) is 0 Å². The molecule has 0 aromatic heterocycles. The number of hydrogen-bond acceptors (Lipinski definition) is 3. The molecular weight excluding hydrogens is 198 g/mol. The number of hydrogen-bond donors (Lipinski definition) is 2. The fourth-order valence-corrected chi connectivity index (χ4v) is 1.82. The van der Waals surface area contributed by atoms with Crippen LogP contribution >= 0.6 is 0 Å². The smallest absolute Gasteiger partial charge is 0.314 e. The highest BCUT2D eigenvalue weighted by Gasteiger charge is 2.35. The molecule has 0 aromatic carbocycles. The molecule has 1 heterocycles. The molecule has 1 rings (SSSR count). The maximum absolute atomic E-state index is 10.9. The van der Waals surface area contributed by atoms with E-state index in [1.54, 1.807) is 12.0 Å². The lowest BCUT2D eigenvalue weighted by atomic mass is 9.91. The van der Waals surface area contributed by atoms with Gasteiger partial charge in [0.25, 0.3) is 0 Å². The van der Waals surface area contributed by atoms with E-state index in [1.165, 1.54) is 0 Å². The zero-order chi connectivity index (χ0) is 11.3. The van der Waals surface area contributed by atoms with Crippen molar-refractivity contribution in [1.82, 2.24) is 10.2 Å². The average Bonchev–Trinajstić information content (AvgIpc) is 2.27. The predicted octanol–water partition coefficient (Wildman–Crippen LogP) is -0.708. The Kier molecular flexibility index (Phi) is 3.90. The first-order valence-corrected chi connectivity index (χ1v) is 4.90. The summed E-state index contributed by atoms with van der Waals surface area (Å²) in [5, 5.41) is 2.61. The third kappa shape index (κ3) is 2.82. The topological polar surface area (TPSA) is 84.7 Å². The van der Waals surface area contributed by atoms with Gasteiger partial charge in [0.05, 0.1) is 5.60 Å². The number of urea groups is 1. The van der Waals surface area contributed by atoms with E-state index in [4.69, 9.17) is 10.5 Å². The Morgan fingerprint density at radius 1 is 1.60 bits per heavy atom. The first-order valence-electron chi connectivity index (χ1n) is 4.90. The van der Waals surface area contributed by atoms with Crippen molar-refractivity contribution in [3.63, 3.8) is 0 Å². The van der Waals surface area contributed by atoms with E-state index < -0.39 is 6.03 Å². The Bertz CT molecular complexity index is 237. The molecule has 15 heavy (non-hydrogen) atoms. The van der Waals surface area contributed by atoms with Crippen LogP contribution in [0.15, 0.2) is 0 Å². The highest BCUT2D eigenvalue weighted by molar-refractivity contribution is 5.72. The molecule has 1 aliphatic rings. The molecule has 0 aromatic rings. The number of nitrogens with two attached hydrogens (primary N) is 1. The third-order valence-corrected chi connectivity index (χ3v) is 2.93. The van der Waals surface area contributed by atoms with Crippen molar-refractivity contribution >= 4 is 12.4 Å². The van der Waals surface area contributed by atoms with Crippen LogP contribution in [0, 0.1) is 0 Å². The fraction of sp³-hybridized carbons (Fsp3) is 0.778. The minimum absolute atomic E-state index is 0.354. The van der Waals surface area contributed by atoms with E-state index in [2.05, 4.69) is 5.32 Å². The van der Waals surface area contributed by atoms with E-state index in [1.807, 2.05) is 0 Å². The number of nitrogens with one attached hydrogen (secondary N) is 1. The van der Waals surface area contributed by atoms with Crippen LogP contribution in [-0.4, -0.2) is 49.7 Å². The lowest BCUT2D eigenvalue weighted by Gasteiger charge is -2.40. The van der Waals surface area contributed by atoms with Crippen LogP contribution in [0.25, 0.3) is 0 Å². The summed E-state index contributed by atoms with van der Waals surface area (Å²) in [6.07, 6.45) is 2.03. The summed E-state index contributed by atoms with van der Waals surface area (Å²) < 4.78 is 5.41. The molecule has 0 spiro atoms. The van der Waals surface area contributed by atoms with Crippen LogP contribution in [0.2, 0.25) is 0 Å². The van der Waals surface area contributed by atoms with Crippen molar-refractivity contribution in [2.75, 3.05) is 26.7 Å². The van der Waals surface area contributed by atoms with Gasteiger partial charge in [-0.25, -0.2) is 4.79 Å². The normalized spacial score (nSPS) is 19.7. The maximum atomic E-state index is 10.9. The monoisotopic (exact) mass is 215 g/mol. The van der Waals surface area contributed by atoms with Crippen LogP contribution in [0.3, 0.4) is 0 Å². The van der Waals surface area contributed by atoms with Crippen LogP contribution in [0.4, 0.5) is 4.79 Å². The molecule has 1 fully saturated rings. The van der Waals surface area contributed by atoms with Crippen LogP contribution < -0.4 is 11.1 Å². The summed E-state index contributed by atoms with van der Waals surface area (Å²) in [7, 11) is 1.62. The molecule has 6 nitrogen and oxygen atoms in total. The molecule has 0 aliphatic carbocycles. The number of carbonyl (C=O) groups excluding carboxylic acids is 2. The Balaban J connectivity index is 2.50. The number of methoxy groups -OCH3 is 1. The van der Waals surface area contributed by atoms with E-state index in [9.17, 15) is 9.59 Å². The predicted molar refractivity (Wildman–Crippen MR) is 54.2 cm³/mol. The average molecular weight is 215 g/mol. The molecule has 3 amide bonds. The van der Waals surface area contributed by atoms with Gasteiger partial charge in [0, 0.05) is 26.7 Å². The van der Waals surface area contributed by atoms with Gasteiger partial charge in [-0.2, -0.15) is 0 Å². The second-order valence-corrected chi connectivity index (χ2v) is 3.71. The van der Waals surface area contributed by atoms with Gasteiger partial charge in [0.1, 0.15) is 0 Å². The van der Waals surface area contributed by atoms with Crippen molar-refractivity contribution < 1.29 is 14.3 Å². The molecular formula is C9H17N3O3. The lowest BCUT2D eigenvalue weighted by molar-refractivity contribution is -0.112. The van der Waals surface area contributed by atoms with Gasteiger partial charge in [-0.1, -0.05) is 0 Å². The minimum Gasteiger partial charge on any atom is -0.376 e. The molecule has 86 valence electrons. The molecule has 3 N–H and O–H groups in total. The number of amides is 3. The zero-order valence-electron chi connectivity index (χ0n) is 8.86. The first-order chi connectivity index (χ1) is 7.13. The number of primary amides is 1. The maximum Gasteiger partial charge on any atom is 0.314 e. The van der Waals surface area contributed by atoms with Gasteiger partial charge < -0.3 is 20.7 Å². The standard InChI is InChI=1S/C9H17N3O3/c1-15-9(6-11-7-13)2-4-12(5-3-9)8(10)14/h7H,2-6H2,1H3,(H2,10,14)(H,11,13). The minimum atomic E-state index is -0.400. The molecule has 0 saturated carbocycles. The molecule has 0 radical (unpaired) electrons. The van der Waals surface area contributed by atoms with Gasteiger partial charge in [-0.05, 0) is 12.8 Å². The Morgan fingerprint density at radius 2 is 2.20 bits per heavy atom. The molecule has 0 atom stereocenters. The second kappa shape index (κ2) is 4.97. The first kappa shape index (κ1) is 11.8. The summed E-state index contributed by atoms with van der Waals surface area (Å²) in [5.41, 5.74) is 4.82. The van der Waals surface area contributed by atoms with Gasteiger partial charge in [-0.15, -0.1) is 0 Å². The number of rotatable bonds is 4. The second-order valence-electron chi connectivity index (χ2n) is 3.71. The van der Waals surface area contributed by atoms with Crippen molar-refractivity contribution in [1.29, 1.82) is 0 Å². The van der Waals surface area contributed by atoms with Crippen LogP contribution in [-0.2, 0) is 9.53 Å². The lowest BCUT2D eigenvalue weighted by Crippen LogP contribution is -2.53. The summed E-state index contributed by atoms with van der Waals surface area (Å²) in [5.74, 6) is 0. The van der Waals surface area contributed by atoms with E-state index in [-0.39, 0.29) is 5.60 Å². The number of nitrogens with zero attached hydrogens (tertiary/aromatic N) is 1. The third-order valence-electron chi connectivity index (χ3n) is 2.93. The highest BCUT2D eigenvalue weighted by Crippen LogP contribution is 2.24. The molecule has 1 saturated heterocycles. The number of likely N-dealkylation sites (tertiary alicyclic amines) is 1. The van der Waals surface area contributed by atoms with E-state index >= 15 is 0 Å². The van der Waals surface area contributed by atoms with Gasteiger partial charge in [0.15, 0.2) is 0 Å². The fourth-order valence-electron chi connectivity index (χ4n) is 1.82. The molecule has 6 heteroatoms. The van der Waals surface area contributed by atoms with Crippen LogP contribution in [0.5, 0.6) is 0 Å². The Labute approximate surface area is 88.7 Å². The number of ether oxygens (including phenoxy) is 1. The summed E-state index contributed by atoms with van der Waals surface area (Å²) in [6, 6.07) is -0.400. The summed E-state index contributed by atoms with van der Waals surface area (Å²) in [6.45, 7) is 1.62. The van der Waals surface area contributed by atoms with Gasteiger partial charge >= 0.3 is 6.03 Å². The molecule has 0 bridgehead atoms. The van der Waals surface area contributed by atoms with Crippen molar-refractivity contribution in [3.8, 4) is 0 Å². The quantitative estimate of drug-likeness (QED) is 0.608. The number of carbonyl (C=O) groups is 2. The summed E-state index contributed by atoms with van der Waals surface area (Å²) in [4.78, 5) is 22.7. The Morgan fingerprint density at radius 3 is 2.60 bits per heavy atom. The summed E-state index contributed by atoms with van der Waals surface area (Å²) >= 11 is 0. The van der Waals surface area contributed by atoms with Crippen molar-refractivity contribution in [2.24, 2.45) is 5.73 Å². The van der Waals surface area contributed by atoms with Crippen LogP contribution in [0.1, 0.15) is 12.8 Å². The number of piperidine rings is 1. The SMILES string of the molecule is COC1(CNC=O)CCN(C(N)=O)CC1. The molecule has 1 aliphatic heterocycles. The van der Waals surface area contributed by atoms with Gasteiger partial charge in [-0.3, -0.25) is 4.79 Å². The van der Waals surface area contributed by atoms with E-state index in [0.29, 0.717) is 38.9 Å². The largest absolute Gasteiger partial charge is 0.376 e. The van der Waals surface area contributed by atoms with Crippen molar-refractivity contribution in [3.05, 3.63) is 0 Å². The van der Waals surface area contributed by atoms with Gasteiger partial charge in [0.2, 0.25) is 6.41 Å². The van der Waals surface area contributed by atoms with Crippen molar-refractivity contribution in [2.45, 2.75) is 18.4 Å². The zero-order valence-corrected chi connectivity index (χ0v) is 8.86. The molecule has 0 unspecified atom stereocenters. The highest BCUT2D eigenvalue weighted by atomic mass is 16.5. The Hall–Kier alpha value is -1.30.